The van der Waals surface area contributed by atoms with E-state index in [1.807, 2.05) is 0 Å². The predicted octanol–water partition coefficient (Wildman–Crippen LogP) is 3.28. The van der Waals surface area contributed by atoms with Gasteiger partial charge in [0.15, 0.2) is 0 Å². The summed E-state index contributed by atoms with van der Waals surface area (Å²) in [4.78, 5) is 3.45. The lowest BCUT2D eigenvalue weighted by Crippen LogP contribution is -2.05. The summed E-state index contributed by atoms with van der Waals surface area (Å²) < 4.78 is 36.1. The van der Waals surface area contributed by atoms with E-state index in [0.717, 1.165) is 0 Å². The number of halogens is 5. The Labute approximate surface area is 97.1 Å². The van der Waals surface area contributed by atoms with E-state index in [1.165, 1.54) is 0 Å². The van der Waals surface area contributed by atoms with Gasteiger partial charge in [0.25, 0.3) is 0 Å². The molecule has 1 aromatic rings. The zero-order valence-electron chi connectivity index (χ0n) is 6.68. The molecule has 0 saturated carbocycles. The lowest BCUT2D eigenvalue weighted by atomic mass is 10.2. The summed E-state index contributed by atoms with van der Waals surface area (Å²) in [5.74, 6) is -0.452. The van der Waals surface area contributed by atoms with E-state index in [-0.39, 0.29) is 28.0 Å². The molecule has 0 aromatic carbocycles. The molecule has 0 amide bonds. The molecule has 0 aliphatic carbocycles. The first kappa shape index (κ1) is 13.7. The minimum Gasteiger partial charge on any atom is -0.506 e. The second-order valence-corrected chi connectivity index (χ2v) is 2.88. The molecule has 7 heteroatoms. The van der Waals surface area contributed by atoms with Crippen LogP contribution in [0.2, 0.25) is 0 Å². The van der Waals surface area contributed by atoms with E-state index in [1.54, 1.807) is 0 Å². The van der Waals surface area contributed by atoms with Crippen molar-refractivity contribution in [2.24, 2.45) is 0 Å². The molecule has 1 aromatic heterocycles. The Kier molecular flexibility index (Phi) is 4.87. The maximum atomic E-state index is 12.0. The third-order valence-corrected chi connectivity index (χ3v) is 1.93. The van der Waals surface area contributed by atoms with Gasteiger partial charge in [0.05, 0.1) is 11.3 Å². The summed E-state index contributed by atoms with van der Waals surface area (Å²) in [7, 11) is 0. The fourth-order valence-electron chi connectivity index (χ4n) is 0.739. The molecular weight excluding hydrogens is 331 g/mol. The number of hydrogen-bond donors (Lipinski definition) is 1. The zero-order valence-corrected chi connectivity index (χ0v) is 9.98. The van der Waals surface area contributed by atoms with Crippen molar-refractivity contribution >= 4 is 32.9 Å². The van der Waals surface area contributed by atoms with Gasteiger partial charge >= 0.3 is 6.18 Å². The highest BCUT2D eigenvalue weighted by Crippen LogP contribution is 2.31. The maximum absolute atomic E-state index is 12.0. The Morgan fingerprint density at radius 2 is 2.00 bits per heavy atom. The molecule has 14 heavy (non-hydrogen) atoms. The second kappa shape index (κ2) is 4.97. The highest BCUT2D eigenvalue weighted by atomic mass is 79.9. The number of rotatable bonds is 1. The van der Waals surface area contributed by atoms with Gasteiger partial charge in [-0.25, -0.2) is 0 Å². The van der Waals surface area contributed by atoms with Crippen molar-refractivity contribution in [3.05, 3.63) is 23.5 Å². The quantitative estimate of drug-likeness (QED) is 0.798. The molecule has 2 nitrogen and oxygen atoms in total. The topological polar surface area (TPSA) is 33.1 Å². The van der Waals surface area contributed by atoms with Crippen LogP contribution in [-0.4, -0.2) is 10.1 Å². The molecule has 0 saturated heterocycles. The van der Waals surface area contributed by atoms with Gasteiger partial charge in [0.1, 0.15) is 5.75 Å². The first-order valence-corrected chi connectivity index (χ1v) is 4.38. The fraction of sp³-hybridized carbons (Fsp3) is 0.286. The van der Waals surface area contributed by atoms with E-state index >= 15 is 0 Å². The number of pyridine rings is 1. The Bertz CT molecular complexity index is 316. The molecule has 0 fully saturated rings. The van der Waals surface area contributed by atoms with Crippen LogP contribution >= 0.6 is 32.9 Å². The largest absolute Gasteiger partial charge is 0.506 e. The third kappa shape index (κ3) is 3.13. The molecule has 0 aliphatic heterocycles. The smallest absolute Gasteiger partial charge is 0.418 e. The van der Waals surface area contributed by atoms with Crippen LogP contribution in [0.3, 0.4) is 0 Å². The second-order valence-electron chi connectivity index (χ2n) is 2.32. The summed E-state index contributed by atoms with van der Waals surface area (Å²) in [5, 5.41) is 9.28. The fourth-order valence-corrected chi connectivity index (χ4v) is 1.17. The van der Waals surface area contributed by atoms with E-state index in [9.17, 15) is 13.2 Å². The van der Waals surface area contributed by atoms with Crippen molar-refractivity contribution < 1.29 is 18.3 Å². The molecule has 0 aliphatic rings. The number of aromatic hydroxyl groups is 1. The molecule has 1 N–H and O–H groups in total. The Morgan fingerprint density at radius 1 is 1.43 bits per heavy atom. The minimum absolute atomic E-state index is 0. The highest BCUT2D eigenvalue weighted by molar-refractivity contribution is 9.08. The Morgan fingerprint density at radius 3 is 2.36 bits per heavy atom. The van der Waals surface area contributed by atoms with Crippen molar-refractivity contribution in [2.45, 2.75) is 11.5 Å². The van der Waals surface area contributed by atoms with Crippen molar-refractivity contribution in [1.29, 1.82) is 0 Å². The number of aromatic nitrogens is 1. The first-order valence-electron chi connectivity index (χ1n) is 3.26. The van der Waals surface area contributed by atoms with Gasteiger partial charge < -0.3 is 5.11 Å². The zero-order chi connectivity index (χ0) is 10.1. The molecule has 0 unspecified atom stereocenters. The Hall–Kier alpha value is -0.300. The summed E-state index contributed by atoms with van der Waals surface area (Å²) in [6.07, 6.45) is -3.77. The van der Waals surface area contributed by atoms with Gasteiger partial charge in [-0.1, -0.05) is 15.9 Å². The van der Waals surface area contributed by atoms with Gasteiger partial charge in [-0.2, -0.15) is 13.2 Å². The first-order chi connectivity index (χ1) is 5.95. The number of alkyl halides is 4. The summed E-state index contributed by atoms with van der Waals surface area (Å²) >= 11 is 2.98. The van der Waals surface area contributed by atoms with E-state index in [4.69, 9.17) is 5.11 Å². The van der Waals surface area contributed by atoms with Gasteiger partial charge in [-0.15, -0.1) is 17.0 Å². The average Bonchev–Trinajstić information content (AvgIpc) is 2.02. The van der Waals surface area contributed by atoms with Gasteiger partial charge in [-0.3, -0.25) is 4.98 Å². The van der Waals surface area contributed by atoms with Crippen molar-refractivity contribution in [3.8, 4) is 5.75 Å². The van der Waals surface area contributed by atoms with Crippen LogP contribution in [0.5, 0.6) is 5.75 Å². The van der Waals surface area contributed by atoms with E-state index in [0.29, 0.717) is 12.3 Å². The molecule has 0 spiro atoms. The van der Waals surface area contributed by atoms with Crippen molar-refractivity contribution in [1.82, 2.24) is 4.98 Å². The van der Waals surface area contributed by atoms with Gasteiger partial charge in [0.2, 0.25) is 0 Å². The van der Waals surface area contributed by atoms with Crippen molar-refractivity contribution in [3.63, 3.8) is 0 Å². The van der Waals surface area contributed by atoms with Crippen LogP contribution in [0.4, 0.5) is 13.2 Å². The SMILES string of the molecule is Br.Oc1cc(C(F)(F)F)cnc1CBr. The van der Waals surface area contributed by atoms with Crippen LogP contribution in [0, 0.1) is 0 Å². The van der Waals surface area contributed by atoms with Crippen molar-refractivity contribution in [2.75, 3.05) is 0 Å². The number of hydrogen-bond acceptors (Lipinski definition) is 2. The van der Waals surface area contributed by atoms with E-state index in [2.05, 4.69) is 20.9 Å². The molecule has 0 bridgehead atoms. The van der Waals surface area contributed by atoms with Crippen LogP contribution in [0.25, 0.3) is 0 Å². The Balaban J connectivity index is 0.00000169. The predicted molar refractivity (Wildman–Crippen MR) is 53.9 cm³/mol. The molecule has 1 heterocycles. The summed E-state index contributed by atoms with van der Waals surface area (Å²) in [6, 6.07) is 0.656. The molecule has 0 atom stereocenters. The molecule has 0 radical (unpaired) electrons. The maximum Gasteiger partial charge on any atom is 0.418 e. The molecule has 80 valence electrons. The minimum atomic E-state index is -4.46. The van der Waals surface area contributed by atoms with Crippen LogP contribution < -0.4 is 0 Å². The van der Waals surface area contributed by atoms with Crippen LogP contribution in [-0.2, 0) is 11.5 Å². The van der Waals surface area contributed by atoms with E-state index < -0.39 is 17.5 Å². The average molecular weight is 337 g/mol. The van der Waals surface area contributed by atoms with Gasteiger partial charge in [-0.05, 0) is 6.07 Å². The van der Waals surface area contributed by atoms with Gasteiger partial charge in [0, 0.05) is 11.5 Å². The normalized spacial score (nSPS) is 10.9. The highest BCUT2D eigenvalue weighted by Gasteiger charge is 2.31. The monoisotopic (exact) mass is 335 g/mol. The summed E-state index contributed by atoms with van der Waals surface area (Å²) in [6.45, 7) is 0. The third-order valence-electron chi connectivity index (χ3n) is 1.40. The lowest BCUT2D eigenvalue weighted by molar-refractivity contribution is -0.137. The molecular formula is C7H6Br2F3NO. The van der Waals surface area contributed by atoms with Crippen LogP contribution in [0.15, 0.2) is 12.3 Å². The number of nitrogens with zero attached hydrogens (tertiary/aromatic N) is 1. The standard InChI is InChI=1S/C7H5BrF3NO.BrH/c8-2-5-6(13)1-4(3-12-5)7(9,10)11;/h1,3,13H,2H2;1H. The molecule has 1 rings (SSSR count). The lowest BCUT2D eigenvalue weighted by Gasteiger charge is -2.07. The summed E-state index contributed by atoms with van der Waals surface area (Å²) in [5.41, 5.74) is -0.761. The van der Waals surface area contributed by atoms with Crippen LogP contribution in [0.1, 0.15) is 11.3 Å².